The Morgan fingerprint density at radius 2 is 2.42 bits per heavy atom. The summed E-state index contributed by atoms with van der Waals surface area (Å²) in [6.45, 7) is 3.98. The molecule has 0 aliphatic heterocycles. The fraction of sp³-hybridized carbons (Fsp3) is 0.769. The lowest BCUT2D eigenvalue weighted by Crippen LogP contribution is -2.38. The molecule has 1 aliphatic rings. The van der Waals surface area contributed by atoms with Crippen molar-refractivity contribution in [2.24, 2.45) is 5.92 Å². The topological polar surface area (TPSA) is 69.0 Å². The van der Waals surface area contributed by atoms with Crippen LogP contribution in [-0.2, 0) is 16.1 Å². The maximum atomic E-state index is 11.7. The fourth-order valence-corrected chi connectivity index (χ4v) is 2.58. The number of carbonyl (C=O) groups excluding carboxylic acids is 1. The first-order chi connectivity index (χ1) is 9.29. The van der Waals surface area contributed by atoms with Crippen molar-refractivity contribution in [3.63, 3.8) is 0 Å². The smallest absolute Gasteiger partial charge is 0.308 e. The van der Waals surface area contributed by atoms with E-state index in [1.54, 1.807) is 10.9 Å². The van der Waals surface area contributed by atoms with E-state index in [9.17, 15) is 4.79 Å². The molecule has 1 fully saturated rings. The van der Waals surface area contributed by atoms with Gasteiger partial charge in [-0.3, -0.25) is 9.48 Å². The molecule has 2 atom stereocenters. The highest BCUT2D eigenvalue weighted by atomic mass is 16.5. The van der Waals surface area contributed by atoms with Crippen molar-refractivity contribution < 1.29 is 9.53 Å². The molecule has 1 aromatic rings. The standard InChI is InChI=1S/C13H22N4O2/c1-2-19-13(18)11-4-3-5-12(10-11)14-6-8-17-9-7-15-16-17/h7,9,11-12,14H,2-6,8,10H2,1H3. The van der Waals surface area contributed by atoms with Gasteiger partial charge in [-0.15, -0.1) is 5.10 Å². The predicted molar refractivity (Wildman–Crippen MR) is 70.4 cm³/mol. The summed E-state index contributed by atoms with van der Waals surface area (Å²) in [4.78, 5) is 11.7. The van der Waals surface area contributed by atoms with E-state index in [2.05, 4.69) is 15.6 Å². The van der Waals surface area contributed by atoms with Gasteiger partial charge >= 0.3 is 5.97 Å². The lowest BCUT2D eigenvalue weighted by Gasteiger charge is -2.28. The minimum absolute atomic E-state index is 0.0368. The van der Waals surface area contributed by atoms with E-state index < -0.39 is 0 Å². The van der Waals surface area contributed by atoms with E-state index in [4.69, 9.17) is 4.74 Å². The van der Waals surface area contributed by atoms with Crippen LogP contribution in [0.15, 0.2) is 12.4 Å². The molecule has 0 aromatic carbocycles. The number of aromatic nitrogens is 3. The van der Waals surface area contributed by atoms with Crippen LogP contribution in [0.2, 0.25) is 0 Å². The average molecular weight is 266 g/mol. The highest BCUT2D eigenvalue weighted by Crippen LogP contribution is 2.25. The van der Waals surface area contributed by atoms with Crippen molar-refractivity contribution >= 4 is 5.97 Å². The third kappa shape index (κ3) is 4.31. The molecular formula is C13H22N4O2. The number of carbonyl (C=O) groups is 1. The second-order valence-corrected chi connectivity index (χ2v) is 4.93. The van der Waals surface area contributed by atoms with Crippen LogP contribution in [0.4, 0.5) is 0 Å². The van der Waals surface area contributed by atoms with Gasteiger partial charge in [-0.1, -0.05) is 11.6 Å². The molecule has 1 aromatic heterocycles. The third-order valence-corrected chi connectivity index (χ3v) is 3.54. The van der Waals surface area contributed by atoms with Crippen LogP contribution in [-0.4, -0.2) is 40.2 Å². The average Bonchev–Trinajstić information content (AvgIpc) is 2.93. The van der Waals surface area contributed by atoms with Crippen LogP contribution in [0.3, 0.4) is 0 Å². The lowest BCUT2D eigenvalue weighted by atomic mass is 9.86. The number of hydrogen-bond donors (Lipinski definition) is 1. The Balaban J connectivity index is 1.70. The van der Waals surface area contributed by atoms with Gasteiger partial charge in [0.25, 0.3) is 0 Å². The van der Waals surface area contributed by atoms with Crippen LogP contribution < -0.4 is 5.32 Å². The number of esters is 1. The Morgan fingerprint density at radius 1 is 1.53 bits per heavy atom. The molecule has 2 rings (SSSR count). The quantitative estimate of drug-likeness (QED) is 0.778. The van der Waals surface area contributed by atoms with Gasteiger partial charge in [-0.2, -0.15) is 0 Å². The van der Waals surface area contributed by atoms with Crippen molar-refractivity contribution in [2.75, 3.05) is 13.2 Å². The van der Waals surface area contributed by atoms with E-state index in [0.717, 1.165) is 38.8 Å². The summed E-state index contributed by atoms with van der Waals surface area (Å²) in [5.74, 6) is 0.0304. The Kier molecular flexibility index (Phi) is 5.32. The van der Waals surface area contributed by atoms with E-state index in [1.165, 1.54) is 0 Å². The molecule has 106 valence electrons. The van der Waals surface area contributed by atoms with Crippen LogP contribution in [0, 0.1) is 5.92 Å². The second-order valence-electron chi connectivity index (χ2n) is 4.93. The molecule has 1 heterocycles. The first-order valence-corrected chi connectivity index (χ1v) is 7.03. The highest BCUT2D eigenvalue weighted by molar-refractivity contribution is 5.72. The Morgan fingerprint density at radius 3 is 3.16 bits per heavy atom. The van der Waals surface area contributed by atoms with Crippen LogP contribution in [0.25, 0.3) is 0 Å². The summed E-state index contributed by atoms with van der Waals surface area (Å²) in [5, 5.41) is 11.2. The first-order valence-electron chi connectivity index (χ1n) is 7.03. The Hall–Kier alpha value is -1.43. The molecule has 2 unspecified atom stereocenters. The summed E-state index contributed by atoms with van der Waals surface area (Å²) in [6, 6.07) is 0.409. The SMILES string of the molecule is CCOC(=O)C1CCCC(NCCn2ccnn2)C1. The fourth-order valence-electron chi connectivity index (χ4n) is 2.58. The molecule has 0 amide bonds. The zero-order chi connectivity index (χ0) is 13.5. The van der Waals surface area contributed by atoms with Crippen molar-refractivity contribution in [3.05, 3.63) is 12.4 Å². The van der Waals surface area contributed by atoms with E-state index in [0.29, 0.717) is 12.6 Å². The molecule has 1 aliphatic carbocycles. The van der Waals surface area contributed by atoms with Gasteiger partial charge in [0.15, 0.2) is 0 Å². The van der Waals surface area contributed by atoms with Crippen LogP contribution >= 0.6 is 0 Å². The number of nitrogens with one attached hydrogen (secondary N) is 1. The van der Waals surface area contributed by atoms with E-state index >= 15 is 0 Å². The minimum atomic E-state index is -0.0368. The number of nitrogens with zero attached hydrogens (tertiary/aromatic N) is 3. The number of ether oxygens (including phenoxy) is 1. The number of hydrogen-bond acceptors (Lipinski definition) is 5. The van der Waals surface area contributed by atoms with Crippen LogP contribution in [0.5, 0.6) is 0 Å². The van der Waals surface area contributed by atoms with Gasteiger partial charge in [0, 0.05) is 18.8 Å². The van der Waals surface area contributed by atoms with Gasteiger partial charge in [0.2, 0.25) is 0 Å². The molecule has 1 saturated carbocycles. The monoisotopic (exact) mass is 266 g/mol. The maximum Gasteiger partial charge on any atom is 0.308 e. The molecular weight excluding hydrogens is 244 g/mol. The zero-order valence-electron chi connectivity index (χ0n) is 11.4. The Labute approximate surface area is 113 Å². The molecule has 6 heteroatoms. The summed E-state index contributed by atoms with van der Waals surface area (Å²) in [5.41, 5.74) is 0. The van der Waals surface area contributed by atoms with Crippen LogP contribution in [0.1, 0.15) is 32.6 Å². The summed E-state index contributed by atoms with van der Waals surface area (Å²) < 4.78 is 6.91. The molecule has 6 nitrogen and oxygen atoms in total. The van der Waals surface area contributed by atoms with Gasteiger partial charge in [0.05, 0.1) is 25.3 Å². The van der Waals surface area contributed by atoms with E-state index in [1.807, 2.05) is 13.1 Å². The molecule has 0 saturated heterocycles. The van der Waals surface area contributed by atoms with Crippen molar-refractivity contribution in [1.82, 2.24) is 20.3 Å². The molecule has 1 N–H and O–H groups in total. The van der Waals surface area contributed by atoms with Gasteiger partial charge in [-0.25, -0.2) is 0 Å². The maximum absolute atomic E-state index is 11.7. The van der Waals surface area contributed by atoms with E-state index in [-0.39, 0.29) is 11.9 Å². The zero-order valence-corrected chi connectivity index (χ0v) is 11.4. The largest absolute Gasteiger partial charge is 0.466 e. The molecule has 0 spiro atoms. The minimum Gasteiger partial charge on any atom is -0.466 e. The predicted octanol–water partition coefficient (Wildman–Crippen LogP) is 0.990. The third-order valence-electron chi connectivity index (χ3n) is 3.54. The molecule has 0 bridgehead atoms. The molecule has 19 heavy (non-hydrogen) atoms. The molecule has 0 radical (unpaired) electrons. The second kappa shape index (κ2) is 7.23. The van der Waals surface area contributed by atoms with Crippen molar-refractivity contribution in [1.29, 1.82) is 0 Å². The normalized spacial score (nSPS) is 23.2. The highest BCUT2D eigenvalue weighted by Gasteiger charge is 2.27. The summed E-state index contributed by atoms with van der Waals surface area (Å²) >= 11 is 0. The van der Waals surface area contributed by atoms with Gasteiger partial charge in [0.1, 0.15) is 0 Å². The number of rotatable bonds is 6. The van der Waals surface area contributed by atoms with Gasteiger partial charge < -0.3 is 10.1 Å². The first kappa shape index (κ1) is 14.0. The summed E-state index contributed by atoms with van der Waals surface area (Å²) in [6.07, 6.45) is 7.59. The van der Waals surface area contributed by atoms with Gasteiger partial charge in [-0.05, 0) is 26.2 Å². The van der Waals surface area contributed by atoms with Crippen molar-refractivity contribution in [3.8, 4) is 0 Å². The lowest BCUT2D eigenvalue weighted by molar-refractivity contribution is -0.149. The van der Waals surface area contributed by atoms with Crippen molar-refractivity contribution in [2.45, 2.75) is 45.2 Å². The summed E-state index contributed by atoms with van der Waals surface area (Å²) in [7, 11) is 0. The Bertz CT molecular complexity index is 380.